The first-order valence-corrected chi connectivity index (χ1v) is 6.14. The molecule has 1 fully saturated rings. The second-order valence-corrected chi connectivity index (χ2v) is 5.22. The van der Waals surface area contributed by atoms with E-state index in [0.29, 0.717) is 17.9 Å². The van der Waals surface area contributed by atoms with E-state index in [1.807, 2.05) is 12.1 Å². The number of halogens is 2. The maximum Gasteiger partial charge on any atom is 0.145 e. The van der Waals surface area contributed by atoms with E-state index >= 15 is 0 Å². The molecular weight excluding hydrogens is 225 g/mol. The molecular formula is C13H17ClFN. The van der Waals surface area contributed by atoms with Crippen LogP contribution in [0.3, 0.4) is 0 Å². The van der Waals surface area contributed by atoms with Crippen molar-refractivity contribution in [2.75, 3.05) is 6.54 Å². The lowest BCUT2D eigenvalue weighted by atomic mass is 10.1. The number of hydrogen-bond donors (Lipinski definition) is 1. The Morgan fingerprint density at radius 3 is 2.94 bits per heavy atom. The number of rotatable bonds is 4. The molecule has 16 heavy (non-hydrogen) atoms. The Bertz CT molecular complexity index is 378. The van der Waals surface area contributed by atoms with Crippen molar-refractivity contribution in [3.63, 3.8) is 0 Å². The topological polar surface area (TPSA) is 12.0 Å². The number of nitrogens with one attached hydrogen (secondary N) is 1. The van der Waals surface area contributed by atoms with Crippen LogP contribution in [0.5, 0.6) is 0 Å². The van der Waals surface area contributed by atoms with Gasteiger partial charge in [0.05, 0.1) is 5.02 Å². The zero-order valence-corrected chi connectivity index (χ0v) is 10.4. The predicted octanol–water partition coefficient (Wildman–Crippen LogP) is 3.58. The Balaban J connectivity index is 1.98. The van der Waals surface area contributed by atoms with Crippen molar-refractivity contribution in [1.82, 2.24) is 5.32 Å². The molecule has 0 aromatic heterocycles. The maximum absolute atomic E-state index is 13.7. The first-order chi connectivity index (χ1) is 7.59. The minimum Gasteiger partial charge on any atom is -0.314 e. The van der Waals surface area contributed by atoms with Gasteiger partial charge in [0, 0.05) is 6.04 Å². The van der Waals surface area contributed by atoms with Gasteiger partial charge in [-0.15, -0.1) is 0 Å². The summed E-state index contributed by atoms with van der Waals surface area (Å²) in [5.74, 6) is 0.682. The molecule has 0 radical (unpaired) electrons. The Morgan fingerprint density at radius 1 is 1.50 bits per heavy atom. The molecule has 88 valence electrons. The molecule has 1 aromatic carbocycles. The molecule has 1 aromatic rings. The molecule has 1 nitrogen and oxygen atoms in total. The van der Waals surface area contributed by atoms with E-state index in [1.54, 1.807) is 6.07 Å². The minimum atomic E-state index is -0.235. The third-order valence-electron chi connectivity index (χ3n) is 3.09. The molecule has 1 saturated carbocycles. The van der Waals surface area contributed by atoms with Gasteiger partial charge in [-0.25, -0.2) is 4.39 Å². The summed E-state index contributed by atoms with van der Waals surface area (Å²) in [6.45, 7) is 5.21. The SMILES string of the molecule is CC(C)NCC1CC1c1cccc(Cl)c1F. The van der Waals surface area contributed by atoms with Gasteiger partial charge >= 0.3 is 0 Å². The van der Waals surface area contributed by atoms with Crippen LogP contribution < -0.4 is 5.32 Å². The fourth-order valence-electron chi connectivity index (χ4n) is 2.05. The summed E-state index contributed by atoms with van der Waals surface area (Å²) in [6.07, 6.45) is 1.07. The van der Waals surface area contributed by atoms with Crippen LogP contribution in [-0.4, -0.2) is 12.6 Å². The van der Waals surface area contributed by atoms with E-state index < -0.39 is 0 Å². The lowest BCUT2D eigenvalue weighted by Crippen LogP contribution is -2.25. The lowest BCUT2D eigenvalue weighted by molar-refractivity contribution is 0.549. The highest BCUT2D eigenvalue weighted by molar-refractivity contribution is 6.30. The van der Waals surface area contributed by atoms with E-state index in [9.17, 15) is 4.39 Å². The van der Waals surface area contributed by atoms with Crippen molar-refractivity contribution in [3.05, 3.63) is 34.6 Å². The Labute approximate surface area is 101 Å². The Morgan fingerprint density at radius 2 is 2.25 bits per heavy atom. The van der Waals surface area contributed by atoms with E-state index in [0.717, 1.165) is 18.5 Å². The van der Waals surface area contributed by atoms with Crippen LogP contribution in [0.2, 0.25) is 5.02 Å². The number of hydrogen-bond acceptors (Lipinski definition) is 1. The Hall–Kier alpha value is -0.600. The molecule has 2 rings (SSSR count). The quantitative estimate of drug-likeness (QED) is 0.850. The van der Waals surface area contributed by atoms with Gasteiger partial charge in [0.15, 0.2) is 0 Å². The summed E-state index contributed by atoms with van der Waals surface area (Å²) in [5.41, 5.74) is 0.781. The standard InChI is InChI=1S/C13H17ClFN/c1-8(2)16-7-9-6-11(9)10-4-3-5-12(14)13(10)15/h3-5,8-9,11,16H,6-7H2,1-2H3. The van der Waals surface area contributed by atoms with Crippen molar-refractivity contribution in [3.8, 4) is 0 Å². The molecule has 0 bridgehead atoms. The first kappa shape index (κ1) is 11.9. The fraction of sp³-hybridized carbons (Fsp3) is 0.538. The minimum absolute atomic E-state index is 0.235. The summed E-state index contributed by atoms with van der Waals surface area (Å²) in [4.78, 5) is 0. The molecule has 2 atom stereocenters. The summed E-state index contributed by atoms with van der Waals surface area (Å²) >= 11 is 5.77. The van der Waals surface area contributed by atoms with E-state index in [4.69, 9.17) is 11.6 Å². The molecule has 0 aliphatic heterocycles. The monoisotopic (exact) mass is 241 g/mol. The summed E-state index contributed by atoms with van der Waals surface area (Å²) in [5, 5.41) is 3.62. The van der Waals surface area contributed by atoms with Gasteiger partial charge in [0.1, 0.15) is 5.82 Å². The van der Waals surface area contributed by atoms with Gasteiger partial charge in [-0.05, 0) is 36.4 Å². The maximum atomic E-state index is 13.7. The normalized spacial score (nSPS) is 23.8. The van der Waals surface area contributed by atoms with Crippen molar-refractivity contribution < 1.29 is 4.39 Å². The zero-order chi connectivity index (χ0) is 11.7. The van der Waals surface area contributed by atoms with Crippen molar-refractivity contribution >= 4 is 11.6 Å². The van der Waals surface area contributed by atoms with Crippen LogP contribution in [0.4, 0.5) is 4.39 Å². The van der Waals surface area contributed by atoms with Gasteiger partial charge in [-0.3, -0.25) is 0 Å². The molecule has 3 heteroatoms. The summed E-state index contributed by atoms with van der Waals surface area (Å²) < 4.78 is 13.7. The molecule has 1 N–H and O–H groups in total. The highest BCUT2D eigenvalue weighted by Gasteiger charge is 2.39. The summed E-state index contributed by atoms with van der Waals surface area (Å²) in [7, 11) is 0. The summed E-state index contributed by atoms with van der Waals surface area (Å²) in [6, 6.07) is 5.77. The van der Waals surface area contributed by atoms with Gasteiger partial charge in [-0.1, -0.05) is 37.6 Å². The molecule has 0 heterocycles. The molecule has 0 saturated heterocycles. The highest BCUT2D eigenvalue weighted by atomic mass is 35.5. The molecule has 0 spiro atoms. The zero-order valence-electron chi connectivity index (χ0n) is 9.63. The fourth-order valence-corrected chi connectivity index (χ4v) is 2.23. The number of benzene rings is 1. The van der Waals surface area contributed by atoms with Crippen LogP contribution in [0.15, 0.2) is 18.2 Å². The van der Waals surface area contributed by atoms with Gasteiger partial charge in [0.25, 0.3) is 0 Å². The molecule has 1 aliphatic carbocycles. The molecule has 1 aliphatic rings. The van der Waals surface area contributed by atoms with Crippen LogP contribution >= 0.6 is 11.6 Å². The van der Waals surface area contributed by atoms with E-state index in [1.165, 1.54) is 0 Å². The highest BCUT2D eigenvalue weighted by Crippen LogP contribution is 2.48. The Kier molecular flexibility index (Phi) is 3.50. The second-order valence-electron chi connectivity index (χ2n) is 4.81. The van der Waals surface area contributed by atoms with Crippen LogP contribution in [0.25, 0.3) is 0 Å². The largest absolute Gasteiger partial charge is 0.314 e. The van der Waals surface area contributed by atoms with E-state index in [-0.39, 0.29) is 10.8 Å². The first-order valence-electron chi connectivity index (χ1n) is 5.77. The third-order valence-corrected chi connectivity index (χ3v) is 3.38. The molecule has 2 unspecified atom stereocenters. The van der Waals surface area contributed by atoms with E-state index in [2.05, 4.69) is 19.2 Å². The van der Waals surface area contributed by atoms with Crippen molar-refractivity contribution in [2.45, 2.75) is 32.2 Å². The third kappa shape index (κ3) is 2.55. The van der Waals surface area contributed by atoms with Crippen molar-refractivity contribution in [2.24, 2.45) is 5.92 Å². The smallest absolute Gasteiger partial charge is 0.145 e. The van der Waals surface area contributed by atoms with Crippen molar-refractivity contribution in [1.29, 1.82) is 0 Å². The second kappa shape index (κ2) is 4.72. The lowest BCUT2D eigenvalue weighted by Gasteiger charge is -2.08. The van der Waals surface area contributed by atoms with Gasteiger partial charge in [0.2, 0.25) is 0 Å². The van der Waals surface area contributed by atoms with Gasteiger partial charge in [-0.2, -0.15) is 0 Å². The van der Waals surface area contributed by atoms with Gasteiger partial charge < -0.3 is 5.32 Å². The van der Waals surface area contributed by atoms with Crippen LogP contribution in [0, 0.1) is 11.7 Å². The average molecular weight is 242 g/mol. The van der Waals surface area contributed by atoms with Crippen LogP contribution in [0.1, 0.15) is 31.7 Å². The van der Waals surface area contributed by atoms with Crippen LogP contribution in [-0.2, 0) is 0 Å². The molecule has 0 amide bonds. The predicted molar refractivity (Wildman–Crippen MR) is 65.4 cm³/mol. The average Bonchev–Trinajstić information content (AvgIpc) is 2.98.